The molecule has 1 rings (SSSR count). The van der Waals surface area contributed by atoms with Crippen molar-refractivity contribution in [3.05, 3.63) is 0 Å². The zero-order chi connectivity index (χ0) is 12.7. The first kappa shape index (κ1) is 14.0. The highest BCUT2D eigenvalue weighted by Gasteiger charge is 2.27. The molecule has 0 aromatic rings. The smallest absolute Gasteiger partial charge is 0.325 e. The molecular weight excluding hydrogens is 220 g/mol. The molecule has 0 saturated heterocycles. The number of hydrogen-bond acceptors (Lipinski definition) is 4. The molecule has 1 aliphatic carbocycles. The molecule has 5 nitrogen and oxygen atoms in total. The summed E-state index contributed by atoms with van der Waals surface area (Å²) in [7, 11) is 0. The van der Waals surface area contributed by atoms with Crippen LogP contribution in [0.4, 0.5) is 0 Å². The molecule has 0 radical (unpaired) electrons. The van der Waals surface area contributed by atoms with Crippen LogP contribution in [-0.4, -0.2) is 31.1 Å². The molecule has 0 aliphatic heterocycles. The van der Waals surface area contributed by atoms with Crippen LogP contribution in [-0.2, 0) is 14.3 Å². The standard InChI is InChI=1S/C12H22N2O3/c1-2-17-11(15)8-14-12(16)9-6-4-3-5-7-10(9)13/h9-10H,2-8,13H2,1H3,(H,14,16). The topological polar surface area (TPSA) is 81.4 Å². The fourth-order valence-electron chi connectivity index (χ4n) is 2.16. The first-order chi connectivity index (χ1) is 8.15. The molecule has 98 valence electrons. The zero-order valence-corrected chi connectivity index (χ0v) is 10.4. The summed E-state index contributed by atoms with van der Waals surface area (Å²) in [4.78, 5) is 23.0. The number of hydrogen-bond donors (Lipinski definition) is 2. The van der Waals surface area contributed by atoms with Gasteiger partial charge in [0.1, 0.15) is 6.54 Å². The van der Waals surface area contributed by atoms with Gasteiger partial charge < -0.3 is 15.8 Å². The van der Waals surface area contributed by atoms with Crippen molar-refractivity contribution in [1.82, 2.24) is 5.32 Å². The van der Waals surface area contributed by atoms with Crippen LogP contribution in [0.3, 0.4) is 0 Å². The number of nitrogens with two attached hydrogens (primary N) is 1. The fourth-order valence-corrected chi connectivity index (χ4v) is 2.16. The molecule has 0 spiro atoms. The lowest BCUT2D eigenvalue weighted by Gasteiger charge is -2.20. The Labute approximate surface area is 102 Å². The van der Waals surface area contributed by atoms with E-state index >= 15 is 0 Å². The predicted molar refractivity (Wildman–Crippen MR) is 64.2 cm³/mol. The van der Waals surface area contributed by atoms with Crippen LogP contribution in [0, 0.1) is 5.92 Å². The van der Waals surface area contributed by atoms with Crippen LogP contribution in [0.15, 0.2) is 0 Å². The van der Waals surface area contributed by atoms with Gasteiger partial charge in [0.05, 0.1) is 12.5 Å². The molecule has 0 aromatic heterocycles. The minimum atomic E-state index is -0.400. The van der Waals surface area contributed by atoms with Crippen molar-refractivity contribution in [2.75, 3.05) is 13.2 Å². The molecule has 0 heterocycles. The molecule has 1 fully saturated rings. The second-order valence-electron chi connectivity index (χ2n) is 4.43. The van der Waals surface area contributed by atoms with Crippen LogP contribution in [0.5, 0.6) is 0 Å². The molecule has 1 amide bonds. The van der Waals surface area contributed by atoms with Gasteiger partial charge in [-0.3, -0.25) is 9.59 Å². The maximum absolute atomic E-state index is 11.9. The highest BCUT2D eigenvalue weighted by Crippen LogP contribution is 2.22. The van der Waals surface area contributed by atoms with E-state index in [4.69, 9.17) is 10.5 Å². The lowest BCUT2D eigenvalue weighted by molar-refractivity contribution is -0.143. The van der Waals surface area contributed by atoms with Gasteiger partial charge in [-0.2, -0.15) is 0 Å². The number of esters is 1. The molecule has 3 N–H and O–H groups in total. The first-order valence-corrected chi connectivity index (χ1v) is 6.34. The molecule has 17 heavy (non-hydrogen) atoms. The van der Waals surface area contributed by atoms with Crippen molar-refractivity contribution in [2.45, 2.75) is 45.1 Å². The Bertz CT molecular complexity index is 268. The lowest BCUT2D eigenvalue weighted by Crippen LogP contribution is -2.43. The Balaban J connectivity index is 2.37. The van der Waals surface area contributed by atoms with Gasteiger partial charge in [-0.25, -0.2) is 0 Å². The third-order valence-electron chi connectivity index (χ3n) is 3.12. The first-order valence-electron chi connectivity index (χ1n) is 6.34. The van der Waals surface area contributed by atoms with E-state index in [-0.39, 0.29) is 24.4 Å². The summed E-state index contributed by atoms with van der Waals surface area (Å²) >= 11 is 0. The summed E-state index contributed by atoms with van der Waals surface area (Å²) in [6, 6.07) is -0.0836. The molecule has 5 heteroatoms. The van der Waals surface area contributed by atoms with Crippen molar-refractivity contribution in [3.63, 3.8) is 0 Å². The van der Waals surface area contributed by atoms with Crippen molar-refractivity contribution < 1.29 is 14.3 Å². The molecular formula is C12H22N2O3. The van der Waals surface area contributed by atoms with Gasteiger partial charge in [0.2, 0.25) is 5.91 Å². The SMILES string of the molecule is CCOC(=O)CNC(=O)C1CCCCCC1N. The number of ether oxygens (including phenoxy) is 1. The van der Waals surface area contributed by atoms with Crippen molar-refractivity contribution in [2.24, 2.45) is 11.7 Å². The molecule has 0 bridgehead atoms. The number of carbonyl (C=O) groups excluding carboxylic acids is 2. The van der Waals surface area contributed by atoms with Crippen LogP contribution in [0.1, 0.15) is 39.0 Å². The third-order valence-corrected chi connectivity index (χ3v) is 3.12. The van der Waals surface area contributed by atoms with E-state index in [1.807, 2.05) is 0 Å². The maximum Gasteiger partial charge on any atom is 0.325 e. The summed E-state index contributed by atoms with van der Waals surface area (Å²) in [5.41, 5.74) is 5.97. The number of amides is 1. The van der Waals surface area contributed by atoms with Crippen LogP contribution in [0.25, 0.3) is 0 Å². The van der Waals surface area contributed by atoms with E-state index in [0.29, 0.717) is 6.61 Å². The highest BCUT2D eigenvalue weighted by molar-refractivity contribution is 5.84. The third kappa shape index (κ3) is 4.73. The average molecular weight is 242 g/mol. The Morgan fingerprint density at radius 1 is 1.29 bits per heavy atom. The summed E-state index contributed by atoms with van der Waals surface area (Å²) in [6.07, 6.45) is 4.96. The van der Waals surface area contributed by atoms with E-state index in [1.165, 1.54) is 0 Å². The second kappa shape index (κ2) is 7.27. The van der Waals surface area contributed by atoms with Crippen LogP contribution < -0.4 is 11.1 Å². The number of carbonyl (C=O) groups is 2. The van der Waals surface area contributed by atoms with E-state index in [0.717, 1.165) is 32.1 Å². The number of nitrogens with one attached hydrogen (secondary N) is 1. The quantitative estimate of drug-likeness (QED) is 0.558. The normalized spacial score (nSPS) is 24.8. The van der Waals surface area contributed by atoms with Crippen LogP contribution in [0.2, 0.25) is 0 Å². The van der Waals surface area contributed by atoms with Gasteiger partial charge in [0.25, 0.3) is 0 Å². The Hall–Kier alpha value is -1.10. The summed E-state index contributed by atoms with van der Waals surface area (Å²) in [6.45, 7) is 2.01. The second-order valence-corrected chi connectivity index (χ2v) is 4.43. The maximum atomic E-state index is 11.9. The van der Waals surface area contributed by atoms with Crippen LogP contribution >= 0.6 is 0 Å². The number of rotatable bonds is 4. The molecule has 1 aliphatic rings. The van der Waals surface area contributed by atoms with E-state index in [2.05, 4.69) is 5.32 Å². The van der Waals surface area contributed by atoms with E-state index in [9.17, 15) is 9.59 Å². The van der Waals surface area contributed by atoms with E-state index < -0.39 is 5.97 Å². The predicted octanol–water partition coefficient (Wildman–Crippen LogP) is 0.573. The Morgan fingerprint density at radius 3 is 2.71 bits per heavy atom. The summed E-state index contributed by atoms with van der Waals surface area (Å²) in [5.74, 6) is -0.678. The fraction of sp³-hybridized carbons (Fsp3) is 0.833. The molecule has 2 unspecified atom stereocenters. The van der Waals surface area contributed by atoms with Crippen molar-refractivity contribution in [3.8, 4) is 0 Å². The lowest BCUT2D eigenvalue weighted by atomic mass is 9.95. The van der Waals surface area contributed by atoms with Gasteiger partial charge in [-0.05, 0) is 19.8 Å². The molecule has 2 atom stereocenters. The van der Waals surface area contributed by atoms with Crippen molar-refractivity contribution >= 4 is 11.9 Å². The molecule has 1 saturated carbocycles. The summed E-state index contributed by atoms with van der Waals surface area (Å²) < 4.78 is 4.75. The zero-order valence-electron chi connectivity index (χ0n) is 10.4. The van der Waals surface area contributed by atoms with Gasteiger partial charge in [0.15, 0.2) is 0 Å². The Morgan fingerprint density at radius 2 is 2.00 bits per heavy atom. The van der Waals surface area contributed by atoms with Gasteiger partial charge in [0, 0.05) is 6.04 Å². The van der Waals surface area contributed by atoms with Gasteiger partial charge in [-0.1, -0.05) is 19.3 Å². The monoisotopic (exact) mass is 242 g/mol. The van der Waals surface area contributed by atoms with Gasteiger partial charge >= 0.3 is 5.97 Å². The van der Waals surface area contributed by atoms with E-state index in [1.54, 1.807) is 6.92 Å². The van der Waals surface area contributed by atoms with Gasteiger partial charge in [-0.15, -0.1) is 0 Å². The minimum Gasteiger partial charge on any atom is -0.465 e. The largest absolute Gasteiger partial charge is 0.465 e. The van der Waals surface area contributed by atoms with Crippen molar-refractivity contribution in [1.29, 1.82) is 0 Å². The summed E-state index contributed by atoms with van der Waals surface area (Å²) in [5, 5.41) is 2.60. The minimum absolute atomic E-state index is 0.0596. The average Bonchev–Trinajstić information content (AvgIpc) is 2.51. The highest BCUT2D eigenvalue weighted by atomic mass is 16.5. The molecule has 0 aromatic carbocycles. The Kier molecular flexibility index (Phi) is 5.97.